The standard InChI is InChI=1S/C14H21NOS/c1-4-12-9-17-14(15-12)11-6-5-7-13(8-11)16-10(2)3/h5-8,10,12,14-15H,4,9H2,1-3H3. The van der Waals surface area contributed by atoms with E-state index in [0.29, 0.717) is 11.4 Å². The van der Waals surface area contributed by atoms with Crippen molar-refractivity contribution in [3.63, 3.8) is 0 Å². The third kappa shape index (κ3) is 3.39. The Morgan fingerprint density at radius 2 is 2.29 bits per heavy atom. The van der Waals surface area contributed by atoms with E-state index in [4.69, 9.17) is 4.74 Å². The molecule has 0 bridgehead atoms. The van der Waals surface area contributed by atoms with Gasteiger partial charge in [0.15, 0.2) is 0 Å². The van der Waals surface area contributed by atoms with Crippen LogP contribution in [-0.4, -0.2) is 17.9 Å². The number of benzene rings is 1. The zero-order valence-electron chi connectivity index (χ0n) is 10.8. The van der Waals surface area contributed by atoms with Gasteiger partial charge in [-0.3, -0.25) is 5.32 Å². The Kier molecular flexibility index (Phi) is 4.35. The van der Waals surface area contributed by atoms with Crippen LogP contribution in [0.5, 0.6) is 5.75 Å². The molecule has 17 heavy (non-hydrogen) atoms. The van der Waals surface area contributed by atoms with Crippen LogP contribution in [-0.2, 0) is 0 Å². The van der Waals surface area contributed by atoms with E-state index in [-0.39, 0.29) is 6.10 Å². The lowest BCUT2D eigenvalue weighted by molar-refractivity contribution is 0.242. The lowest BCUT2D eigenvalue weighted by atomic mass is 10.2. The Labute approximate surface area is 108 Å². The fourth-order valence-electron chi connectivity index (χ4n) is 1.97. The van der Waals surface area contributed by atoms with E-state index in [1.165, 1.54) is 17.7 Å². The third-order valence-electron chi connectivity index (χ3n) is 2.88. The normalized spacial score (nSPS) is 24.2. The second-order valence-electron chi connectivity index (χ2n) is 4.72. The molecule has 94 valence electrons. The first-order valence-electron chi connectivity index (χ1n) is 6.33. The second-order valence-corrected chi connectivity index (χ2v) is 5.86. The monoisotopic (exact) mass is 251 g/mol. The topological polar surface area (TPSA) is 21.3 Å². The molecule has 1 fully saturated rings. The van der Waals surface area contributed by atoms with Crippen LogP contribution in [0.1, 0.15) is 38.1 Å². The third-order valence-corrected chi connectivity index (χ3v) is 4.21. The van der Waals surface area contributed by atoms with Gasteiger partial charge in [0.25, 0.3) is 0 Å². The van der Waals surface area contributed by atoms with Crippen molar-refractivity contribution >= 4 is 11.8 Å². The van der Waals surface area contributed by atoms with E-state index < -0.39 is 0 Å². The highest BCUT2D eigenvalue weighted by molar-refractivity contribution is 7.99. The zero-order chi connectivity index (χ0) is 12.3. The molecule has 1 saturated heterocycles. The SMILES string of the molecule is CCC1CSC(c2cccc(OC(C)C)c2)N1. The highest BCUT2D eigenvalue weighted by Crippen LogP contribution is 2.34. The highest BCUT2D eigenvalue weighted by Gasteiger charge is 2.24. The van der Waals surface area contributed by atoms with E-state index in [1.807, 2.05) is 17.8 Å². The summed E-state index contributed by atoms with van der Waals surface area (Å²) in [7, 11) is 0. The van der Waals surface area contributed by atoms with Crippen molar-refractivity contribution < 1.29 is 4.74 Å². The summed E-state index contributed by atoms with van der Waals surface area (Å²) in [5, 5.41) is 4.07. The smallest absolute Gasteiger partial charge is 0.120 e. The van der Waals surface area contributed by atoms with Gasteiger partial charge < -0.3 is 4.74 Å². The molecule has 0 radical (unpaired) electrons. The number of hydrogen-bond acceptors (Lipinski definition) is 3. The van der Waals surface area contributed by atoms with Gasteiger partial charge in [0.05, 0.1) is 11.5 Å². The molecule has 1 heterocycles. The second kappa shape index (κ2) is 5.78. The molecule has 1 aliphatic heterocycles. The van der Waals surface area contributed by atoms with Crippen LogP contribution in [0.2, 0.25) is 0 Å². The fourth-order valence-corrected chi connectivity index (χ4v) is 3.36. The first-order valence-corrected chi connectivity index (χ1v) is 7.38. The lowest BCUT2D eigenvalue weighted by Crippen LogP contribution is -2.24. The maximum atomic E-state index is 5.73. The number of thioether (sulfide) groups is 1. The maximum absolute atomic E-state index is 5.73. The Balaban J connectivity index is 2.06. The van der Waals surface area contributed by atoms with Crippen molar-refractivity contribution in [1.29, 1.82) is 0 Å². The largest absolute Gasteiger partial charge is 0.491 e. The van der Waals surface area contributed by atoms with Crippen molar-refractivity contribution in [2.24, 2.45) is 0 Å². The number of ether oxygens (including phenoxy) is 1. The number of nitrogens with one attached hydrogen (secondary N) is 1. The van der Waals surface area contributed by atoms with Gasteiger partial charge in [-0.2, -0.15) is 0 Å². The van der Waals surface area contributed by atoms with Crippen LogP contribution in [0, 0.1) is 0 Å². The number of rotatable bonds is 4. The number of hydrogen-bond donors (Lipinski definition) is 1. The van der Waals surface area contributed by atoms with Gasteiger partial charge in [-0.05, 0) is 38.0 Å². The Bertz CT molecular complexity index is 367. The predicted octanol–water partition coefficient (Wildman–Crippen LogP) is 3.59. The Hall–Kier alpha value is -0.670. The molecule has 0 aliphatic carbocycles. The molecule has 0 amide bonds. The van der Waals surface area contributed by atoms with Crippen LogP contribution in [0.25, 0.3) is 0 Å². The first kappa shape index (κ1) is 12.8. The van der Waals surface area contributed by atoms with Gasteiger partial charge in [0.2, 0.25) is 0 Å². The van der Waals surface area contributed by atoms with Gasteiger partial charge in [-0.1, -0.05) is 19.1 Å². The molecular formula is C14H21NOS. The van der Waals surface area contributed by atoms with Crippen molar-refractivity contribution in [3.8, 4) is 5.75 Å². The predicted molar refractivity (Wildman–Crippen MR) is 74.6 cm³/mol. The summed E-state index contributed by atoms with van der Waals surface area (Å²) in [5.41, 5.74) is 1.32. The summed E-state index contributed by atoms with van der Waals surface area (Å²) in [4.78, 5) is 0. The van der Waals surface area contributed by atoms with Crippen molar-refractivity contribution in [2.45, 2.75) is 44.7 Å². The average Bonchev–Trinajstić information content (AvgIpc) is 2.77. The first-order chi connectivity index (χ1) is 8.19. The summed E-state index contributed by atoms with van der Waals surface area (Å²) >= 11 is 1.99. The lowest BCUT2D eigenvalue weighted by Gasteiger charge is -2.15. The van der Waals surface area contributed by atoms with Gasteiger partial charge in [0, 0.05) is 11.8 Å². The fraction of sp³-hybridized carbons (Fsp3) is 0.571. The summed E-state index contributed by atoms with van der Waals surface area (Å²) < 4.78 is 5.73. The molecule has 2 nitrogen and oxygen atoms in total. The molecule has 0 spiro atoms. The molecule has 2 atom stereocenters. The zero-order valence-corrected chi connectivity index (χ0v) is 11.6. The molecule has 3 heteroatoms. The van der Waals surface area contributed by atoms with Crippen molar-refractivity contribution in [3.05, 3.63) is 29.8 Å². The van der Waals surface area contributed by atoms with Crippen LogP contribution in [0.3, 0.4) is 0 Å². The van der Waals surface area contributed by atoms with Crippen molar-refractivity contribution in [1.82, 2.24) is 5.32 Å². The summed E-state index contributed by atoms with van der Waals surface area (Å²) in [6.07, 6.45) is 1.43. The van der Waals surface area contributed by atoms with Gasteiger partial charge in [-0.15, -0.1) is 11.8 Å². The maximum Gasteiger partial charge on any atom is 0.120 e. The minimum Gasteiger partial charge on any atom is -0.491 e. The molecule has 1 aromatic rings. The van der Waals surface area contributed by atoms with Crippen molar-refractivity contribution in [2.75, 3.05) is 5.75 Å². The molecule has 1 aliphatic rings. The van der Waals surface area contributed by atoms with Gasteiger partial charge in [0.1, 0.15) is 5.75 Å². The van der Waals surface area contributed by atoms with E-state index >= 15 is 0 Å². The molecule has 1 aromatic carbocycles. The molecule has 1 N–H and O–H groups in total. The van der Waals surface area contributed by atoms with E-state index in [9.17, 15) is 0 Å². The summed E-state index contributed by atoms with van der Waals surface area (Å²) in [5.74, 6) is 2.18. The summed E-state index contributed by atoms with van der Waals surface area (Å²) in [6, 6.07) is 9.09. The molecular weight excluding hydrogens is 230 g/mol. The Morgan fingerprint density at radius 1 is 1.47 bits per heavy atom. The average molecular weight is 251 g/mol. The quantitative estimate of drug-likeness (QED) is 0.883. The highest BCUT2D eigenvalue weighted by atomic mass is 32.2. The van der Waals surface area contributed by atoms with Crippen LogP contribution in [0.4, 0.5) is 0 Å². The molecule has 0 aromatic heterocycles. The van der Waals surface area contributed by atoms with Crippen LogP contribution >= 0.6 is 11.8 Å². The summed E-state index contributed by atoms with van der Waals surface area (Å²) in [6.45, 7) is 6.35. The van der Waals surface area contributed by atoms with Gasteiger partial charge >= 0.3 is 0 Å². The molecule has 0 saturated carbocycles. The van der Waals surface area contributed by atoms with Crippen LogP contribution < -0.4 is 10.1 Å². The van der Waals surface area contributed by atoms with E-state index in [1.54, 1.807) is 0 Å². The van der Waals surface area contributed by atoms with E-state index in [0.717, 1.165) is 5.75 Å². The van der Waals surface area contributed by atoms with Gasteiger partial charge in [-0.25, -0.2) is 0 Å². The molecule has 2 unspecified atom stereocenters. The Morgan fingerprint density at radius 3 is 2.94 bits per heavy atom. The molecule has 2 rings (SSSR count). The van der Waals surface area contributed by atoms with E-state index in [2.05, 4.69) is 44.3 Å². The minimum absolute atomic E-state index is 0.234. The van der Waals surface area contributed by atoms with Crippen LogP contribution in [0.15, 0.2) is 24.3 Å². The minimum atomic E-state index is 0.234.